The number of carbonyl (C=O) groups excluding carboxylic acids is 2. The number of benzene rings is 2. The smallest absolute Gasteiger partial charge is 0.251 e. The molecule has 0 spiro atoms. The molecule has 6 nitrogen and oxygen atoms in total. The summed E-state index contributed by atoms with van der Waals surface area (Å²) in [6.45, 7) is 8.72. The molecule has 0 saturated heterocycles. The van der Waals surface area contributed by atoms with E-state index < -0.39 is 0 Å². The second-order valence-electron chi connectivity index (χ2n) is 7.91. The standard InChI is InChI=1S/C23H31N3O3/c1-5-6-14-29-20-12-10-18(11-13-20)24-16-21(27)25-19-9-7-8-17(15-19)22(28)26-23(2,3)4/h7-13,15,24H,5-6,14,16H2,1-4H3,(H,25,27)(H,26,28). The maximum absolute atomic E-state index is 12.3. The van der Waals surface area contributed by atoms with Crippen molar-refractivity contribution in [2.45, 2.75) is 46.1 Å². The van der Waals surface area contributed by atoms with E-state index >= 15 is 0 Å². The molecule has 0 bridgehead atoms. The number of amides is 2. The average Bonchev–Trinajstić information content (AvgIpc) is 2.66. The minimum Gasteiger partial charge on any atom is -0.494 e. The summed E-state index contributed by atoms with van der Waals surface area (Å²) in [5, 5.41) is 8.80. The van der Waals surface area contributed by atoms with Gasteiger partial charge in [-0.15, -0.1) is 0 Å². The lowest BCUT2D eigenvalue weighted by Crippen LogP contribution is -2.40. The Balaban J connectivity index is 1.85. The van der Waals surface area contributed by atoms with E-state index in [1.165, 1.54) is 0 Å². The van der Waals surface area contributed by atoms with Crippen molar-refractivity contribution in [1.82, 2.24) is 5.32 Å². The Bertz CT molecular complexity index is 811. The summed E-state index contributed by atoms with van der Waals surface area (Å²) in [6.07, 6.45) is 2.12. The van der Waals surface area contributed by atoms with E-state index in [1.54, 1.807) is 24.3 Å². The molecule has 2 aromatic carbocycles. The molecule has 6 heteroatoms. The number of hydrogen-bond donors (Lipinski definition) is 3. The van der Waals surface area contributed by atoms with Crippen molar-refractivity contribution in [3.63, 3.8) is 0 Å². The molecule has 3 N–H and O–H groups in total. The van der Waals surface area contributed by atoms with Crippen molar-refractivity contribution in [1.29, 1.82) is 0 Å². The molecule has 2 amide bonds. The molecule has 2 rings (SSSR count). The summed E-state index contributed by atoms with van der Waals surface area (Å²) in [4.78, 5) is 24.5. The van der Waals surface area contributed by atoms with Gasteiger partial charge in [0.25, 0.3) is 5.91 Å². The molecule has 0 unspecified atom stereocenters. The van der Waals surface area contributed by atoms with Crippen LogP contribution in [0.5, 0.6) is 5.75 Å². The van der Waals surface area contributed by atoms with E-state index in [-0.39, 0.29) is 23.9 Å². The normalized spacial score (nSPS) is 10.9. The lowest BCUT2D eigenvalue weighted by atomic mass is 10.1. The Morgan fingerprint density at radius 1 is 1.00 bits per heavy atom. The van der Waals surface area contributed by atoms with Crippen molar-refractivity contribution in [3.05, 3.63) is 54.1 Å². The average molecular weight is 398 g/mol. The van der Waals surface area contributed by atoms with Crippen LogP contribution in [0, 0.1) is 0 Å². The molecule has 0 heterocycles. The number of nitrogens with one attached hydrogen (secondary N) is 3. The highest BCUT2D eigenvalue weighted by Gasteiger charge is 2.15. The Hall–Kier alpha value is -3.02. The van der Waals surface area contributed by atoms with E-state index in [1.807, 2.05) is 45.0 Å². The SMILES string of the molecule is CCCCOc1ccc(NCC(=O)Nc2cccc(C(=O)NC(C)(C)C)c2)cc1. The summed E-state index contributed by atoms with van der Waals surface area (Å²) in [7, 11) is 0. The van der Waals surface area contributed by atoms with Gasteiger partial charge in [0.05, 0.1) is 13.2 Å². The molecule has 0 aliphatic rings. The summed E-state index contributed by atoms with van der Waals surface area (Å²) in [5.41, 5.74) is 1.60. The van der Waals surface area contributed by atoms with Gasteiger partial charge in [0.1, 0.15) is 5.75 Å². The zero-order valence-electron chi connectivity index (χ0n) is 17.7. The highest BCUT2D eigenvalue weighted by atomic mass is 16.5. The van der Waals surface area contributed by atoms with Crippen LogP contribution >= 0.6 is 0 Å². The van der Waals surface area contributed by atoms with Gasteiger partial charge < -0.3 is 20.7 Å². The minimum atomic E-state index is -0.323. The number of unbranched alkanes of at least 4 members (excludes halogenated alkanes) is 1. The van der Waals surface area contributed by atoms with Crippen LogP contribution in [0.3, 0.4) is 0 Å². The van der Waals surface area contributed by atoms with Gasteiger partial charge in [0.15, 0.2) is 0 Å². The number of ether oxygens (including phenoxy) is 1. The quantitative estimate of drug-likeness (QED) is 0.547. The molecular formula is C23H31N3O3. The fourth-order valence-electron chi connectivity index (χ4n) is 2.54. The van der Waals surface area contributed by atoms with E-state index in [9.17, 15) is 9.59 Å². The second-order valence-corrected chi connectivity index (χ2v) is 7.91. The third-order valence-electron chi connectivity index (χ3n) is 3.97. The maximum atomic E-state index is 12.3. The topological polar surface area (TPSA) is 79.5 Å². The Labute approximate surface area is 173 Å². The number of anilines is 2. The fraction of sp³-hybridized carbons (Fsp3) is 0.391. The van der Waals surface area contributed by atoms with Gasteiger partial charge in [-0.1, -0.05) is 19.4 Å². The molecule has 0 aliphatic heterocycles. The van der Waals surface area contributed by atoms with Gasteiger partial charge in [-0.2, -0.15) is 0 Å². The van der Waals surface area contributed by atoms with Crippen molar-refractivity contribution >= 4 is 23.2 Å². The molecular weight excluding hydrogens is 366 g/mol. The highest BCUT2D eigenvalue weighted by Crippen LogP contribution is 2.16. The van der Waals surface area contributed by atoms with Crippen LogP contribution in [0.25, 0.3) is 0 Å². The first-order valence-corrected chi connectivity index (χ1v) is 9.96. The van der Waals surface area contributed by atoms with Gasteiger partial charge in [-0.05, 0) is 69.7 Å². The Morgan fingerprint density at radius 2 is 1.72 bits per heavy atom. The molecule has 0 saturated carbocycles. The monoisotopic (exact) mass is 397 g/mol. The van der Waals surface area contributed by atoms with E-state index in [2.05, 4.69) is 22.9 Å². The summed E-state index contributed by atoms with van der Waals surface area (Å²) >= 11 is 0. The Morgan fingerprint density at radius 3 is 2.38 bits per heavy atom. The van der Waals surface area contributed by atoms with Crippen molar-refractivity contribution < 1.29 is 14.3 Å². The fourth-order valence-corrected chi connectivity index (χ4v) is 2.54. The van der Waals surface area contributed by atoms with Crippen LogP contribution in [0.15, 0.2) is 48.5 Å². The first kappa shape index (κ1) is 22.3. The van der Waals surface area contributed by atoms with Gasteiger partial charge in [0.2, 0.25) is 5.91 Å². The van der Waals surface area contributed by atoms with Gasteiger partial charge in [-0.3, -0.25) is 9.59 Å². The second kappa shape index (κ2) is 10.5. The van der Waals surface area contributed by atoms with Crippen LogP contribution in [-0.2, 0) is 4.79 Å². The van der Waals surface area contributed by atoms with Gasteiger partial charge >= 0.3 is 0 Å². The number of carbonyl (C=O) groups is 2. The predicted molar refractivity (Wildman–Crippen MR) is 118 cm³/mol. The van der Waals surface area contributed by atoms with Crippen LogP contribution in [-0.4, -0.2) is 30.5 Å². The van der Waals surface area contributed by atoms with Crippen molar-refractivity contribution in [2.24, 2.45) is 0 Å². The first-order chi connectivity index (χ1) is 13.8. The summed E-state index contributed by atoms with van der Waals surface area (Å²) < 4.78 is 5.63. The Kier molecular flexibility index (Phi) is 8.07. The lowest BCUT2D eigenvalue weighted by molar-refractivity contribution is -0.114. The van der Waals surface area contributed by atoms with Crippen molar-refractivity contribution in [2.75, 3.05) is 23.8 Å². The van der Waals surface area contributed by atoms with Crippen LogP contribution in [0.2, 0.25) is 0 Å². The highest BCUT2D eigenvalue weighted by molar-refractivity contribution is 5.98. The molecule has 29 heavy (non-hydrogen) atoms. The predicted octanol–water partition coefficient (Wildman–Crippen LogP) is 4.44. The molecule has 0 radical (unpaired) electrons. The van der Waals surface area contributed by atoms with Crippen LogP contribution in [0.4, 0.5) is 11.4 Å². The number of hydrogen-bond acceptors (Lipinski definition) is 4. The van der Waals surface area contributed by atoms with Gasteiger partial charge in [0, 0.05) is 22.5 Å². The third kappa shape index (κ3) is 8.25. The zero-order valence-corrected chi connectivity index (χ0v) is 17.7. The largest absolute Gasteiger partial charge is 0.494 e. The lowest BCUT2D eigenvalue weighted by Gasteiger charge is -2.20. The van der Waals surface area contributed by atoms with Crippen LogP contribution < -0.4 is 20.7 Å². The number of rotatable bonds is 9. The first-order valence-electron chi connectivity index (χ1n) is 9.96. The molecule has 156 valence electrons. The zero-order chi connectivity index (χ0) is 21.3. The molecule has 0 atom stereocenters. The maximum Gasteiger partial charge on any atom is 0.251 e. The molecule has 2 aromatic rings. The van der Waals surface area contributed by atoms with Crippen molar-refractivity contribution in [3.8, 4) is 5.75 Å². The summed E-state index contributed by atoms with van der Waals surface area (Å²) in [6, 6.07) is 14.4. The third-order valence-corrected chi connectivity index (χ3v) is 3.97. The molecule has 0 aliphatic carbocycles. The molecule has 0 fully saturated rings. The molecule has 0 aromatic heterocycles. The summed E-state index contributed by atoms with van der Waals surface area (Å²) in [5.74, 6) is 0.452. The van der Waals surface area contributed by atoms with E-state index in [0.717, 1.165) is 24.3 Å². The van der Waals surface area contributed by atoms with Gasteiger partial charge in [-0.25, -0.2) is 0 Å². The van der Waals surface area contributed by atoms with E-state index in [4.69, 9.17) is 4.74 Å². The van der Waals surface area contributed by atoms with Crippen LogP contribution in [0.1, 0.15) is 50.9 Å². The van der Waals surface area contributed by atoms with E-state index in [0.29, 0.717) is 17.9 Å². The minimum absolute atomic E-state index is 0.119.